The molecular formula is C15H23FN2O. The highest BCUT2D eigenvalue weighted by atomic mass is 19.1. The van der Waals surface area contributed by atoms with E-state index in [0.717, 1.165) is 38.0 Å². The van der Waals surface area contributed by atoms with Crippen molar-refractivity contribution in [3.63, 3.8) is 0 Å². The first kappa shape index (κ1) is 14.4. The summed E-state index contributed by atoms with van der Waals surface area (Å²) in [6.45, 7) is 4.80. The fraction of sp³-hybridized carbons (Fsp3) is 0.600. The van der Waals surface area contributed by atoms with Gasteiger partial charge in [-0.25, -0.2) is 4.39 Å². The molecule has 1 aliphatic heterocycles. The van der Waals surface area contributed by atoms with Crippen LogP contribution in [-0.2, 0) is 0 Å². The van der Waals surface area contributed by atoms with Crippen molar-refractivity contribution in [2.45, 2.75) is 31.9 Å². The second-order valence-electron chi connectivity index (χ2n) is 5.58. The quantitative estimate of drug-likeness (QED) is 0.875. The third-order valence-corrected chi connectivity index (χ3v) is 3.98. The van der Waals surface area contributed by atoms with E-state index in [1.165, 1.54) is 12.1 Å². The van der Waals surface area contributed by atoms with Gasteiger partial charge in [0.25, 0.3) is 0 Å². The second kappa shape index (κ2) is 6.46. The van der Waals surface area contributed by atoms with Gasteiger partial charge in [0.05, 0.1) is 6.10 Å². The zero-order valence-electron chi connectivity index (χ0n) is 11.4. The Kier molecular flexibility index (Phi) is 4.91. The van der Waals surface area contributed by atoms with Gasteiger partial charge in [-0.2, -0.15) is 0 Å². The molecule has 106 valence electrons. The van der Waals surface area contributed by atoms with Crippen molar-refractivity contribution in [1.82, 2.24) is 4.90 Å². The van der Waals surface area contributed by atoms with E-state index in [2.05, 4.69) is 11.8 Å². The van der Waals surface area contributed by atoms with E-state index in [9.17, 15) is 9.50 Å². The number of nitrogens with zero attached hydrogens (tertiary/aromatic N) is 1. The maximum Gasteiger partial charge on any atom is 0.123 e. The normalized spacial score (nSPS) is 26.3. The van der Waals surface area contributed by atoms with Gasteiger partial charge < -0.3 is 15.7 Å². The van der Waals surface area contributed by atoms with Crippen molar-refractivity contribution < 1.29 is 9.50 Å². The zero-order valence-corrected chi connectivity index (χ0v) is 11.4. The number of nitrogens with two attached hydrogens (primary N) is 1. The molecule has 0 aromatic heterocycles. The molecule has 0 saturated carbocycles. The van der Waals surface area contributed by atoms with Crippen molar-refractivity contribution in [3.05, 3.63) is 35.6 Å². The van der Waals surface area contributed by atoms with E-state index in [4.69, 9.17) is 5.73 Å². The molecule has 0 aliphatic carbocycles. The van der Waals surface area contributed by atoms with E-state index < -0.39 is 0 Å². The minimum absolute atomic E-state index is 0.127. The fourth-order valence-corrected chi connectivity index (χ4v) is 2.65. The lowest BCUT2D eigenvalue weighted by Crippen LogP contribution is -2.42. The molecule has 1 saturated heterocycles. The summed E-state index contributed by atoms with van der Waals surface area (Å²) >= 11 is 0. The molecule has 4 heteroatoms. The Balaban J connectivity index is 1.82. The Morgan fingerprint density at radius 1 is 1.53 bits per heavy atom. The van der Waals surface area contributed by atoms with Gasteiger partial charge in [-0.3, -0.25) is 0 Å². The van der Waals surface area contributed by atoms with Gasteiger partial charge in [-0.1, -0.05) is 19.1 Å². The number of benzene rings is 1. The monoisotopic (exact) mass is 266 g/mol. The molecule has 19 heavy (non-hydrogen) atoms. The van der Waals surface area contributed by atoms with E-state index >= 15 is 0 Å². The third kappa shape index (κ3) is 4.00. The van der Waals surface area contributed by atoms with Gasteiger partial charge in [0.1, 0.15) is 5.82 Å². The van der Waals surface area contributed by atoms with Crippen molar-refractivity contribution in [3.8, 4) is 0 Å². The fourth-order valence-electron chi connectivity index (χ4n) is 2.65. The van der Waals surface area contributed by atoms with Gasteiger partial charge >= 0.3 is 0 Å². The molecule has 1 fully saturated rings. The van der Waals surface area contributed by atoms with Crippen molar-refractivity contribution in [2.24, 2.45) is 11.7 Å². The second-order valence-corrected chi connectivity index (χ2v) is 5.58. The number of hydrogen-bond acceptors (Lipinski definition) is 3. The summed E-state index contributed by atoms with van der Waals surface area (Å²) in [6.07, 6.45) is 1.47. The van der Waals surface area contributed by atoms with Gasteiger partial charge in [-0.15, -0.1) is 0 Å². The Bertz CT molecular complexity index is 413. The SMILES string of the molecule is CC1CN(CCC(N)c2cccc(F)c2)CCC1O. The summed E-state index contributed by atoms with van der Waals surface area (Å²) in [7, 11) is 0. The summed E-state index contributed by atoms with van der Waals surface area (Å²) in [6, 6.07) is 6.38. The molecule has 0 spiro atoms. The molecule has 0 bridgehead atoms. The number of aliphatic hydroxyl groups is 1. The van der Waals surface area contributed by atoms with Crippen LogP contribution in [0, 0.1) is 11.7 Å². The van der Waals surface area contributed by atoms with Crippen LogP contribution in [0.15, 0.2) is 24.3 Å². The topological polar surface area (TPSA) is 49.5 Å². The molecule has 3 unspecified atom stereocenters. The average molecular weight is 266 g/mol. The van der Waals surface area contributed by atoms with Crippen molar-refractivity contribution in [1.29, 1.82) is 0 Å². The van der Waals surface area contributed by atoms with Gasteiger partial charge in [-0.05, 0) is 43.0 Å². The smallest absolute Gasteiger partial charge is 0.123 e. The number of likely N-dealkylation sites (tertiary alicyclic amines) is 1. The number of aliphatic hydroxyl groups excluding tert-OH is 1. The molecule has 1 heterocycles. The summed E-state index contributed by atoms with van der Waals surface area (Å²) < 4.78 is 13.1. The number of halogens is 1. The predicted molar refractivity (Wildman–Crippen MR) is 74.2 cm³/mol. The minimum Gasteiger partial charge on any atom is -0.393 e. The summed E-state index contributed by atoms with van der Waals surface area (Å²) in [5.41, 5.74) is 6.95. The van der Waals surface area contributed by atoms with Crippen LogP contribution in [0.3, 0.4) is 0 Å². The van der Waals surface area contributed by atoms with E-state index in [0.29, 0.717) is 5.92 Å². The molecule has 3 nitrogen and oxygen atoms in total. The third-order valence-electron chi connectivity index (χ3n) is 3.98. The van der Waals surface area contributed by atoms with Crippen LogP contribution >= 0.6 is 0 Å². The Morgan fingerprint density at radius 3 is 3.00 bits per heavy atom. The number of hydrogen-bond donors (Lipinski definition) is 2. The van der Waals surface area contributed by atoms with Gasteiger partial charge in [0, 0.05) is 19.1 Å². The van der Waals surface area contributed by atoms with Gasteiger partial charge in [0.15, 0.2) is 0 Å². The van der Waals surface area contributed by atoms with Crippen molar-refractivity contribution >= 4 is 0 Å². The Morgan fingerprint density at radius 2 is 2.32 bits per heavy atom. The lowest BCUT2D eigenvalue weighted by Gasteiger charge is -2.34. The molecule has 0 radical (unpaired) electrons. The largest absolute Gasteiger partial charge is 0.393 e. The van der Waals surface area contributed by atoms with Crippen LogP contribution < -0.4 is 5.73 Å². The molecule has 1 aromatic carbocycles. The van der Waals surface area contributed by atoms with Gasteiger partial charge in [0.2, 0.25) is 0 Å². The van der Waals surface area contributed by atoms with Crippen LogP contribution in [0.25, 0.3) is 0 Å². The molecule has 0 amide bonds. The standard InChI is InChI=1S/C15H23FN2O/c1-11-10-18(8-6-15(11)19)7-5-14(17)12-3-2-4-13(16)9-12/h2-4,9,11,14-15,19H,5-8,10,17H2,1H3. The van der Waals surface area contributed by atoms with E-state index in [1.807, 2.05) is 6.07 Å². The van der Waals surface area contributed by atoms with Crippen molar-refractivity contribution in [2.75, 3.05) is 19.6 Å². The van der Waals surface area contributed by atoms with E-state index in [1.54, 1.807) is 6.07 Å². The summed E-state index contributed by atoms with van der Waals surface area (Å²) in [5, 5.41) is 9.69. The molecule has 1 aliphatic rings. The molecule has 2 rings (SSSR count). The molecule has 3 N–H and O–H groups in total. The Hall–Kier alpha value is -0.970. The van der Waals surface area contributed by atoms with Crippen LogP contribution in [-0.4, -0.2) is 35.7 Å². The van der Waals surface area contributed by atoms with Crippen LogP contribution in [0.4, 0.5) is 4.39 Å². The highest BCUT2D eigenvalue weighted by Gasteiger charge is 2.24. The predicted octanol–water partition coefficient (Wildman–Crippen LogP) is 1.92. The van der Waals surface area contributed by atoms with Crippen LogP contribution in [0.5, 0.6) is 0 Å². The highest BCUT2D eigenvalue weighted by molar-refractivity contribution is 5.19. The molecular weight excluding hydrogens is 243 g/mol. The average Bonchev–Trinajstić information content (AvgIpc) is 2.40. The number of rotatable bonds is 4. The summed E-state index contributed by atoms with van der Waals surface area (Å²) in [5.74, 6) is 0.0850. The first-order valence-corrected chi connectivity index (χ1v) is 6.97. The maximum atomic E-state index is 13.1. The summed E-state index contributed by atoms with van der Waals surface area (Å²) in [4.78, 5) is 2.33. The maximum absolute atomic E-state index is 13.1. The van der Waals surface area contributed by atoms with Crippen LogP contribution in [0.1, 0.15) is 31.4 Å². The first-order valence-electron chi connectivity index (χ1n) is 6.97. The molecule has 3 atom stereocenters. The zero-order chi connectivity index (χ0) is 13.8. The van der Waals surface area contributed by atoms with Crippen LogP contribution in [0.2, 0.25) is 0 Å². The lowest BCUT2D eigenvalue weighted by atomic mass is 9.96. The lowest BCUT2D eigenvalue weighted by molar-refractivity contribution is 0.0341. The Labute approximate surface area is 114 Å². The minimum atomic E-state index is -0.234. The molecule has 1 aromatic rings. The highest BCUT2D eigenvalue weighted by Crippen LogP contribution is 2.19. The van der Waals surface area contributed by atoms with E-state index in [-0.39, 0.29) is 18.0 Å². The number of piperidine rings is 1. The first-order chi connectivity index (χ1) is 9.06.